The first-order valence-electron chi connectivity index (χ1n) is 8.34. The molecule has 1 heterocycles. The molecular formula is C21H15FO4. The zero-order valence-electron chi connectivity index (χ0n) is 13.8. The Morgan fingerprint density at radius 1 is 1.08 bits per heavy atom. The summed E-state index contributed by atoms with van der Waals surface area (Å²) in [7, 11) is 0. The molecule has 0 saturated carbocycles. The van der Waals surface area contributed by atoms with Gasteiger partial charge < -0.3 is 9.15 Å². The maximum Gasteiger partial charge on any atom is 0.339 e. The molecule has 4 nitrogen and oxygen atoms in total. The number of hydrogen-bond acceptors (Lipinski definition) is 4. The molecule has 0 spiro atoms. The highest BCUT2D eigenvalue weighted by atomic mass is 19.1. The van der Waals surface area contributed by atoms with E-state index >= 15 is 0 Å². The van der Waals surface area contributed by atoms with Crippen LogP contribution >= 0.6 is 0 Å². The lowest BCUT2D eigenvalue weighted by Crippen LogP contribution is -2.07. The van der Waals surface area contributed by atoms with Crippen LogP contribution in [0.3, 0.4) is 0 Å². The summed E-state index contributed by atoms with van der Waals surface area (Å²) in [5.74, 6) is -0.613. The maximum absolute atomic E-state index is 12.9. The van der Waals surface area contributed by atoms with Gasteiger partial charge in [-0.1, -0.05) is 12.1 Å². The van der Waals surface area contributed by atoms with E-state index in [0.29, 0.717) is 16.9 Å². The molecule has 0 N–H and O–H groups in total. The third-order valence-electron chi connectivity index (χ3n) is 4.45. The van der Waals surface area contributed by atoms with Crippen LogP contribution in [0, 0.1) is 5.82 Å². The molecule has 1 aliphatic rings. The van der Waals surface area contributed by atoms with Gasteiger partial charge in [-0.3, -0.25) is 0 Å². The number of rotatable bonds is 3. The number of fused-ring (bicyclic) bond motifs is 3. The zero-order valence-corrected chi connectivity index (χ0v) is 13.8. The van der Waals surface area contributed by atoms with Crippen molar-refractivity contribution in [3.8, 4) is 5.75 Å². The molecule has 4 rings (SSSR count). The van der Waals surface area contributed by atoms with Gasteiger partial charge in [-0.2, -0.15) is 0 Å². The lowest BCUT2D eigenvalue weighted by molar-refractivity contribution is -0.128. The minimum atomic E-state index is -0.572. The van der Waals surface area contributed by atoms with Crippen LogP contribution in [0.1, 0.15) is 23.1 Å². The lowest BCUT2D eigenvalue weighted by atomic mass is 10.1. The van der Waals surface area contributed by atoms with Crippen molar-refractivity contribution in [1.82, 2.24) is 0 Å². The van der Waals surface area contributed by atoms with E-state index in [1.165, 1.54) is 24.3 Å². The average Bonchev–Trinajstić information content (AvgIpc) is 3.12. The zero-order chi connectivity index (χ0) is 18.1. The molecular weight excluding hydrogens is 335 g/mol. The molecule has 0 amide bonds. The molecule has 5 heteroatoms. The molecule has 3 aromatic rings. The van der Waals surface area contributed by atoms with Crippen LogP contribution in [0.2, 0.25) is 0 Å². The summed E-state index contributed by atoms with van der Waals surface area (Å²) in [5, 5.41) is 0.888. The number of benzene rings is 2. The van der Waals surface area contributed by atoms with E-state index in [4.69, 9.17) is 9.15 Å². The third-order valence-corrected chi connectivity index (χ3v) is 4.45. The SMILES string of the molecule is O=C(/C=C/c1ccc(F)cc1)Oc1ccc2c3c(c(=O)oc2c1)CCC3. The van der Waals surface area contributed by atoms with Gasteiger partial charge in [-0.15, -0.1) is 0 Å². The second kappa shape index (κ2) is 6.59. The van der Waals surface area contributed by atoms with E-state index < -0.39 is 5.97 Å². The highest BCUT2D eigenvalue weighted by molar-refractivity contribution is 5.90. The highest BCUT2D eigenvalue weighted by Crippen LogP contribution is 2.29. The van der Waals surface area contributed by atoms with Gasteiger partial charge in [0.05, 0.1) is 0 Å². The van der Waals surface area contributed by atoms with E-state index in [1.807, 2.05) is 6.07 Å². The predicted molar refractivity (Wildman–Crippen MR) is 95.6 cm³/mol. The number of esters is 1. The van der Waals surface area contributed by atoms with Gasteiger partial charge >= 0.3 is 11.6 Å². The first-order valence-corrected chi connectivity index (χ1v) is 8.34. The summed E-state index contributed by atoms with van der Waals surface area (Å²) in [6.07, 6.45) is 5.35. The molecule has 0 atom stereocenters. The fourth-order valence-electron chi connectivity index (χ4n) is 3.22. The first kappa shape index (κ1) is 16.3. The summed E-state index contributed by atoms with van der Waals surface area (Å²) in [6.45, 7) is 0. The standard InChI is InChI=1S/C21H15FO4/c22-14-7-4-13(5-8-14)6-11-20(23)25-15-9-10-17-16-2-1-3-18(16)21(24)26-19(17)12-15/h4-12H,1-3H2/b11-6+. The van der Waals surface area contributed by atoms with E-state index in [9.17, 15) is 14.0 Å². The molecule has 1 aliphatic carbocycles. The van der Waals surface area contributed by atoms with Gasteiger partial charge in [0.1, 0.15) is 17.1 Å². The molecule has 0 fully saturated rings. The van der Waals surface area contributed by atoms with Crippen LogP contribution in [0.25, 0.3) is 17.0 Å². The number of hydrogen-bond donors (Lipinski definition) is 0. The van der Waals surface area contributed by atoms with Gasteiger partial charge in [-0.05, 0) is 60.7 Å². The second-order valence-corrected chi connectivity index (χ2v) is 6.16. The van der Waals surface area contributed by atoms with E-state index in [-0.39, 0.29) is 11.4 Å². The van der Waals surface area contributed by atoms with Gasteiger partial charge in [0.25, 0.3) is 0 Å². The van der Waals surface area contributed by atoms with Crippen molar-refractivity contribution >= 4 is 23.0 Å². The molecule has 2 aromatic carbocycles. The molecule has 0 bridgehead atoms. The Morgan fingerprint density at radius 2 is 1.85 bits per heavy atom. The predicted octanol–water partition coefficient (Wildman–Crippen LogP) is 4.04. The molecule has 0 aliphatic heterocycles. The summed E-state index contributed by atoms with van der Waals surface area (Å²) in [5.41, 5.74) is 2.58. The second-order valence-electron chi connectivity index (χ2n) is 6.16. The summed E-state index contributed by atoms with van der Waals surface area (Å²) in [4.78, 5) is 24.0. The van der Waals surface area contributed by atoms with Crippen LogP contribution in [0.4, 0.5) is 4.39 Å². The van der Waals surface area contributed by atoms with Crippen LogP contribution in [0.5, 0.6) is 5.75 Å². The minimum absolute atomic E-state index is 0.298. The minimum Gasteiger partial charge on any atom is -0.423 e. The Hall–Kier alpha value is -3.21. The van der Waals surface area contributed by atoms with E-state index in [1.54, 1.807) is 24.3 Å². The van der Waals surface area contributed by atoms with Gasteiger partial charge in [0.15, 0.2) is 0 Å². The van der Waals surface area contributed by atoms with Crippen LogP contribution in [-0.2, 0) is 17.6 Å². The van der Waals surface area contributed by atoms with Crippen molar-refractivity contribution in [2.24, 2.45) is 0 Å². The van der Waals surface area contributed by atoms with Crippen molar-refractivity contribution in [2.45, 2.75) is 19.3 Å². The highest BCUT2D eigenvalue weighted by Gasteiger charge is 2.19. The number of carbonyl (C=O) groups is 1. The Kier molecular flexibility index (Phi) is 4.13. The monoisotopic (exact) mass is 350 g/mol. The Balaban J connectivity index is 1.55. The van der Waals surface area contributed by atoms with Crippen LogP contribution in [0.15, 0.2) is 57.8 Å². The van der Waals surface area contributed by atoms with Gasteiger partial charge in [0, 0.05) is 23.1 Å². The topological polar surface area (TPSA) is 56.5 Å². The van der Waals surface area contributed by atoms with Crippen molar-refractivity contribution in [3.63, 3.8) is 0 Å². The molecule has 0 unspecified atom stereocenters. The Bertz CT molecular complexity index is 1080. The average molecular weight is 350 g/mol. The van der Waals surface area contributed by atoms with Crippen LogP contribution < -0.4 is 10.4 Å². The molecule has 130 valence electrons. The van der Waals surface area contributed by atoms with Crippen molar-refractivity contribution in [3.05, 3.63) is 81.5 Å². The lowest BCUT2D eigenvalue weighted by Gasteiger charge is -2.06. The van der Waals surface area contributed by atoms with E-state index in [0.717, 1.165) is 35.8 Å². The normalized spacial score (nSPS) is 13.3. The molecule has 0 saturated heterocycles. The largest absolute Gasteiger partial charge is 0.423 e. The Morgan fingerprint density at radius 3 is 2.65 bits per heavy atom. The summed E-state index contributed by atoms with van der Waals surface area (Å²) in [6, 6.07) is 10.8. The van der Waals surface area contributed by atoms with Gasteiger partial charge in [-0.25, -0.2) is 14.0 Å². The molecule has 1 aromatic heterocycles. The smallest absolute Gasteiger partial charge is 0.339 e. The number of halogens is 1. The fraction of sp³-hybridized carbons (Fsp3) is 0.143. The van der Waals surface area contributed by atoms with Crippen molar-refractivity contribution in [1.29, 1.82) is 0 Å². The summed E-state index contributed by atoms with van der Waals surface area (Å²) < 4.78 is 23.5. The van der Waals surface area contributed by atoms with Gasteiger partial charge in [0.2, 0.25) is 0 Å². The fourth-order valence-corrected chi connectivity index (χ4v) is 3.22. The summed E-state index contributed by atoms with van der Waals surface area (Å²) >= 11 is 0. The number of ether oxygens (including phenoxy) is 1. The Labute approximate surface area is 148 Å². The third kappa shape index (κ3) is 3.16. The first-order chi connectivity index (χ1) is 12.6. The number of carbonyl (C=O) groups excluding carboxylic acids is 1. The van der Waals surface area contributed by atoms with Crippen molar-refractivity contribution in [2.75, 3.05) is 0 Å². The van der Waals surface area contributed by atoms with Crippen molar-refractivity contribution < 1.29 is 18.3 Å². The molecule has 0 radical (unpaired) electrons. The molecule has 26 heavy (non-hydrogen) atoms. The van der Waals surface area contributed by atoms with E-state index in [2.05, 4.69) is 0 Å². The number of aryl methyl sites for hydroxylation is 1. The maximum atomic E-state index is 12.9. The van der Waals surface area contributed by atoms with Crippen LogP contribution in [-0.4, -0.2) is 5.97 Å². The quantitative estimate of drug-likeness (QED) is 0.310.